The molecule has 7 heteroatoms. The minimum absolute atomic E-state index is 0. The molecule has 3 aliphatic rings. The number of fused-ring (bicyclic) bond motifs is 10. The Morgan fingerprint density at radius 2 is 1.13 bits per heavy atom. The molecule has 1 spiro atoms. The molecule has 0 unspecified atom stereocenters. The van der Waals surface area contributed by atoms with Crippen LogP contribution in [0.25, 0.3) is 33.4 Å². The Balaban J connectivity index is 0.00000694. The fourth-order valence-corrected chi connectivity index (χ4v) is 17.5. The van der Waals surface area contributed by atoms with Crippen LogP contribution in [0.15, 0.2) is 212 Å². The van der Waals surface area contributed by atoms with E-state index in [1.54, 1.807) is 0 Å². The molecule has 0 fully saturated rings. The molecule has 5 nitrogen and oxygen atoms in total. The van der Waals surface area contributed by atoms with Crippen molar-refractivity contribution < 1.29 is 32.7 Å². The Hall–Kier alpha value is -7.76. The van der Waals surface area contributed by atoms with E-state index in [2.05, 4.69) is 216 Å². The third kappa shape index (κ3) is 8.94. The molecule has 79 heavy (non-hydrogen) atoms. The zero-order chi connectivity index (χ0) is 57.9. The van der Waals surface area contributed by atoms with Crippen molar-refractivity contribution in [3.63, 3.8) is 0 Å². The SMILES string of the molecule is [2H]c1c([2H])c([2H])c(-c2cccc(-c3cc(C(C)(C)C)cc(C(C)(C)C)c3)c2N2[CH-]N(c3[c-]c(Oc4[c-]c5c(cc4)[Si]4(c6ccccc6-c6ccccc64)c4ccccc4N5c4cc(CC(C)C)ccn4)ccc3)c3ccccc32)c([2H])c1[2H].[Pt]. The molecule has 0 radical (unpaired) electrons. The summed E-state index contributed by atoms with van der Waals surface area (Å²) in [4.78, 5) is 11.6. The van der Waals surface area contributed by atoms with Crippen molar-refractivity contribution in [2.24, 2.45) is 5.92 Å². The first kappa shape index (κ1) is 46.2. The largest absolute Gasteiger partial charge is 0.509 e. The molecule has 0 saturated carbocycles. The molecule has 394 valence electrons. The number of pyridine rings is 1. The third-order valence-electron chi connectivity index (χ3n) is 15.6. The van der Waals surface area contributed by atoms with Crippen LogP contribution in [0.2, 0.25) is 0 Å². The van der Waals surface area contributed by atoms with E-state index in [4.69, 9.17) is 13.8 Å². The van der Waals surface area contributed by atoms with E-state index in [9.17, 15) is 2.74 Å². The normalized spacial score (nSPS) is 14.7. The second-order valence-corrected chi connectivity index (χ2v) is 26.9. The molecular weight excluding hydrogens is 1160 g/mol. The molecular formula is C72H63N4OPtSi-3. The first-order valence-corrected chi connectivity index (χ1v) is 29.0. The minimum Gasteiger partial charge on any atom is -0.509 e. The van der Waals surface area contributed by atoms with Crippen LogP contribution in [0.3, 0.4) is 0 Å². The topological polar surface area (TPSA) is 31.8 Å². The van der Waals surface area contributed by atoms with Gasteiger partial charge in [0.15, 0.2) is 0 Å². The maximum absolute atomic E-state index is 9.31. The molecule has 0 N–H and O–H groups in total. The number of anilines is 7. The van der Waals surface area contributed by atoms with Crippen LogP contribution >= 0.6 is 0 Å². The summed E-state index contributed by atoms with van der Waals surface area (Å²) in [7, 11) is -2.94. The van der Waals surface area contributed by atoms with Gasteiger partial charge in [0, 0.05) is 72.6 Å². The summed E-state index contributed by atoms with van der Waals surface area (Å²) in [6, 6.07) is 67.8. The monoisotopic (exact) mass is 1230 g/mol. The summed E-state index contributed by atoms with van der Waals surface area (Å²) in [5.74, 6) is 2.30. The molecule has 10 aromatic rings. The van der Waals surface area contributed by atoms with Crippen molar-refractivity contribution >= 4 is 68.8 Å². The third-order valence-corrected chi connectivity index (χ3v) is 20.5. The van der Waals surface area contributed by atoms with Crippen LogP contribution in [0.1, 0.15) is 78.9 Å². The van der Waals surface area contributed by atoms with E-state index in [1.165, 1.54) is 37.4 Å². The Bertz CT molecular complexity index is 4160. The Labute approximate surface area is 489 Å². The Kier molecular flexibility index (Phi) is 11.8. The van der Waals surface area contributed by atoms with Gasteiger partial charge in [-0.2, -0.15) is 12.1 Å². The van der Waals surface area contributed by atoms with E-state index < -0.39 is 26.2 Å². The zero-order valence-electron chi connectivity index (χ0n) is 50.7. The van der Waals surface area contributed by atoms with Crippen LogP contribution in [0.4, 0.5) is 39.9 Å². The van der Waals surface area contributed by atoms with Gasteiger partial charge in [-0.1, -0.05) is 207 Å². The molecule has 0 aliphatic carbocycles. The zero-order valence-corrected chi connectivity index (χ0v) is 49.0. The van der Waals surface area contributed by atoms with Gasteiger partial charge in [-0.25, -0.2) is 4.98 Å². The predicted octanol–water partition coefficient (Wildman–Crippen LogP) is 16.1. The number of rotatable bonds is 9. The number of hydrogen-bond acceptors (Lipinski definition) is 5. The first-order valence-electron chi connectivity index (χ1n) is 29.5. The first-order chi connectivity index (χ1) is 39.8. The Morgan fingerprint density at radius 3 is 1.78 bits per heavy atom. The summed E-state index contributed by atoms with van der Waals surface area (Å²) in [6.45, 7) is 19.8. The van der Waals surface area contributed by atoms with Crippen LogP contribution in [-0.2, 0) is 38.3 Å². The van der Waals surface area contributed by atoms with Crippen molar-refractivity contribution in [1.29, 1.82) is 0 Å². The van der Waals surface area contributed by atoms with E-state index in [0.29, 0.717) is 34.4 Å². The maximum Gasteiger partial charge on any atom is 0.135 e. The average molecular weight is 1230 g/mol. The summed E-state index contributed by atoms with van der Waals surface area (Å²) in [6.07, 6.45) is 2.85. The van der Waals surface area contributed by atoms with Crippen molar-refractivity contribution in [1.82, 2.24) is 4.98 Å². The van der Waals surface area contributed by atoms with Crippen LogP contribution < -0.4 is 40.2 Å². The fraction of sp³-hybridized carbons (Fsp3) is 0.167. The predicted molar refractivity (Wildman–Crippen MR) is 328 cm³/mol. The number of ether oxygens (including phenoxy) is 1. The van der Waals surface area contributed by atoms with Crippen molar-refractivity contribution in [3.05, 3.63) is 248 Å². The number of aromatic nitrogens is 1. The minimum atomic E-state index is -2.94. The Morgan fingerprint density at radius 1 is 0.557 bits per heavy atom. The molecule has 0 amide bonds. The van der Waals surface area contributed by atoms with Gasteiger partial charge in [-0.05, 0) is 108 Å². The second kappa shape index (κ2) is 20.2. The summed E-state index contributed by atoms with van der Waals surface area (Å²) in [5.41, 5.74) is 13.2. The number of para-hydroxylation sites is 4. The number of hydrogen-bond donors (Lipinski definition) is 0. The van der Waals surface area contributed by atoms with Crippen LogP contribution in [-0.4, -0.2) is 13.1 Å². The van der Waals surface area contributed by atoms with Gasteiger partial charge < -0.3 is 19.4 Å². The maximum atomic E-state index is 9.31. The molecule has 0 saturated heterocycles. The van der Waals surface area contributed by atoms with Crippen molar-refractivity contribution in [2.45, 2.75) is 72.6 Å². The quantitative estimate of drug-likeness (QED) is 0.106. The van der Waals surface area contributed by atoms with Gasteiger partial charge in [-0.15, -0.1) is 47.9 Å². The molecule has 13 rings (SSSR count). The molecule has 3 aliphatic heterocycles. The fourth-order valence-electron chi connectivity index (χ4n) is 12.0. The summed E-state index contributed by atoms with van der Waals surface area (Å²) >= 11 is 0. The van der Waals surface area contributed by atoms with Gasteiger partial charge >= 0.3 is 0 Å². The van der Waals surface area contributed by atoms with Crippen LogP contribution in [0, 0.1) is 24.7 Å². The summed E-state index contributed by atoms with van der Waals surface area (Å²) < 4.78 is 51.8. The van der Waals surface area contributed by atoms with Crippen molar-refractivity contribution in [3.8, 4) is 44.9 Å². The van der Waals surface area contributed by atoms with Gasteiger partial charge in [0.25, 0.3) is 0 Å². The van der Waals surface area contributed by atoms with Gasteiger partial charge in [0.05, 0.1) is 6.85 Å². The molecule has 9 aromatic carbocycles. The number of nitrogens with zero attached hydrogens (tertiary/aromatic N) is 4. The standard InChI is InChI=1S/C72H63N4OSi.Pt/c1-48(2)40-49-38-39-73-69(41-49)76-63-32-16-19-35-67(63)78(65-33-17-12-26-59(65)60-27-13-18-34-66(60)78)68-37-36-56(46-64(68)76)77-55-25-20-24-54(45-55)74-47-75(62-31-15-14-30-61(62)74)70-57(50-22-10-9-11-23-50)28-21-29-58(70)51-42-52(71(3,4)5)44-53(43-51)72(6,7)8;/h9-39,41-44,47-48H,40H2,1-8H3;/q-3;/i9D,10D,11D,22D,23D;. The van der Waals surface area contributed by atoms with Gasteiger partial charge in [0.1, 0.15) is 13.9 Å². The molecule has 0 atom stereocenters. The van der Waals surface area contributed by atoms with E-state index in [0.717, 1.165) is 57.2 Å². The molecule has 1 aromatic heterocycles. The second-order valence-electron chi connectivity index (χ2n) is 23.2. The number of benzene rings is 9. The van der Waals surface area contributed by atoms with Crippen LogP contribution in [0.5, 0.6) is 11.5 Å². The van der Waals surface area contributed by atoms with Gasteiger partial charge in [0.2, 0.25) is 0 Å². The average Bonchev–Trinajstić information content (AvgIpc) is 1.42. The van der Waals surface area contributed by atoms with Gasteiger partial charge in [-0.3, -0.25) is 0 Å². The smallest absolute Gasteiger partial charge is 0.135 e. The summed E-state index contributed by atoms with van der Waals surface area (Å²) in [5, 5.41) is 5.22. The van der Waals surface area contributed by atoms with E-state index in [1.807, 2.05) is 55.3 Å². The molecule has 0 bridgehead atoms. The van der Waals surface area contributed by atoms with Crippen molar-refractivity contribution in [2.75, 3.05) is 14.7 Å². The van der Waals surface area contributed by atoms with E-state index >= 15 is 0 Å². The molecule has 4 heterocycles. The van der Waals surface area contributed by atoms with E-state index in [-0.39, 0.29) is 49.5 Å².